The van der Waals surface area contributed by atoms with Gasteiger partial charge in [-0.25, -0.2) is 0 Å². The lowest BCUT2D eigenvalue weighted by molar-refractivity contribution is 0.126. The zero-order valence-corrected chi connectivity index (χ0v) is 17.1. The van der Waals surface area contributed by atoms with Crippen molar-refractivity contribution in [3.8, 4) is 17.2 Å². The van der Waals surface area contributed by atoms with Crippen LogP contribution < -0.4 is 14.2 Å². The van der Waals surface area contributed by atoms with Crippen LogP contribution >= 0.6 is 0 Å². The molecule has 0 aliphatic heterocycles. The van der Waals surface area contributed by atoms with Crippen LogP contribution in [0.5, 0.6) is 17.2 Å². The number of methoxy groups -OCH3 is 3. The molecule has 1 N–H and O–H groups in total. The molecule has 0 aliphatic rings. The van der Waals surface area contributed by atoms with Crippen LogP contribution in [0.15, 0.2) is 79.1 Å². The van der Waals surface area contributed by atoms with Crippen molar-refractivity contribution in [1.29, 1.82) is 0 Å². The van der Waals surface area contributed by atoms with E-state index in [9.17, 15) is 5.11 Å². The molecule has 1 heterocycles. The van der Waals surface area contributed by atoms with Crippen molar-refractivity contribution in [3.05, 3.63) is 95.8 Å². The average molecular weight is 401 g/mol. The first-order valence-corrected chi connectivity index (χ1v) is 9.54. The predicted molar refractivity (Wildman–Crippen MR) is 116 cm³/mol. The maximum Gasteiger partial charge on any atom is 0.161 e. The average Bonchev–Trinajstić information content (AvgIpc) is 2.82. The summed E-state index contributed by atoms with van der Waals surface area (Å²) in [6.45, 7) is 0. The van der Waals surface area contributed by atoms with E-state index in [0.29, 0.717) is 33.9 Å². The van der Waals surface area contributed by atoms with Crippen molar-refractivity contribution >= 4 is 10.8 Å². The minimum atomic E-state index is -1.47. The van der Waals surface area contributed by atoms with Crippen LogP contribution in [0.1, 0.15) is 16.7 Å². The molecule has 4 aromatic rings. The molecule has 0 saturated carbocycles. The third kappa shape index (κ3) is 3.23. The van der Waals surface area contributed by atoms with Crippen molar-refractivity contribution in [2.45, 2.75) is 5.60 Å². The Morgan fingerprint density at radius 2 is 1.43 bits per heavy atom. The van der Waals surface area contributed by atoms with Crippen molar-refractivity contribution in [2.24, 2.45) is 0 Å². The first-order valence-electron chi connectivity index (χ1n) is 9.54. The van der Waals surface area contributed by atoms with Gasteiger partial charge in [0.15, 0.2) is 11.5 Å². The van der Waals surface area contributed by atoms with Crippen LogP contribution in [0.3, 0.4) is 0 Å². The minimum Gasteiger partial charge on any atom is -0.497 e. The van der Waals surface area contributed by atoms with Crippen LogP contribution in [-0.4, -0.2) is 31.4 Å². The van der Waals surface area contributed by atoms with E-state index in [1.54, 1.807) is 45.9 Å². The molecular weight excluding hydrogens is 378 g/mol. The summed E-state index contributed by atoms with van der Waals surface area (Å²) in [6.07, 6.45) is 3.51. The van der Waals surface area contributed by atoms with E-state index in [1.165, 1.54) is 0 Å². The molecule has 0 aliphatic carbocycles. The summed E-state index contributed by atoms with van der Waals surface area (Å²) in [5.74, 6) is 1.84. The summed E-state index contributed by atoms with van der Waals surface area (Å²) in [6, 6.07) is 20.7. The smallest absolute Gasteiger partial charge is 0.161 e. The highest BCUT2D eigenvalue weighted by Crippen LogP contribution is 2.42. The lowest BCUT2D eigenvalue weighted by Crippen LogP contribution is -2.29. The van der Waals surface area contributed by atoms with E-state index in [-0.39, 0.29) is 0 Å². The Kier molecular flexibility index (Phi) is 5.29. The van der Waals surface area contributed by atoms with Crippen molar-refractivity contribution in [3.63, 3.8) is 0 Å². The quantitative estimate of drug-likeness (QED) is 0.514. The van der Waals surface area contributed by atoms with Crippen LogP contribution in [0, 0.1) is 0 Å². The molecule has 3 aromatic carbocycles. The largest absolute Gasteiger partial charge is 0.497 e. The molecule has 30 heavy (non-hydrogen) atoms. The number of hydrogen-bond acceptors (Lipinski definition) is 5. The number of ether oxygens (including phenoxy) is 3. The number of aromatic nitrogens is 1. The lowest BCUT2D eigenvalue weighted by Gasteiger charge is -2.31. The topological polar surface area (TPSA) is 60.8 Å². The fourth-order valence-electron chi connectivity index (χ4n) is 3.78. The molecule has 1 aromatic heterocycles. The SMILES string of the molecule is COc1ccc(C(O)(c2ccc(OC)c(OC)c2)c2cncc3ccccc23)cc1. The number of aliphatic hydroxyl groups is 1. The fourth-order valence-corrected chi connectivity index (χ4v) is 3.78. The second-order valence-corrected chi connectivity index (χ2v) is 6.92. The Morgan fingerprint density at radius 3 is 2.13 bits per heavy atom. The standard InChI is InChI=1S/C25H23NO4/c1-28-20-11-8-18(9-12-20)25(27,19-10-13-23(29-2)24(14-19)30-3)22-16-26-15-17-6-4-5-7-21(17)22/h4-16,27H,1-3H3. The molecule has 152 valence electrons. The second kappa shape index (κ2) is 8.05. The highest BCUT2D eigenvalue weighted by molar-refractivity contribution is 5.86. The zero-order valence-electron chi connectivity index (χ0n) is 17.1. The summed E-state index contributed by atoms with van der Waals surface area (Å²) in [7, 11) is 4.78. The van der Waals surface area contributed by atoms with E-state index in [0.717, 1.165) is 10.8 Å². The molecule has 5 nitrogen and oxygen atoms in total. The molecular formula is C25H23NO4. The number of hydrogen-bond donors (Lipinski definition) is 1. The van der Waals surface area contributed by atoms with E-state index in [4.69, 9.17) is 14.2 Å². The van der Waals surface area contributed by atoms with Gasteiger partial charge < -0.3 is 19.3 Å². The van der Waals surface area contributed by atoms with Crippen molar-refractivity contribution < 1.29 is 19.3 Å². The van der Waals surface area contributed by atoms with Crippen LogP contribution in [0.25, 0.3) is 10.8 Å². The molecule has 0 amide bonds. The van der Waals surface area contributed by atoms with Gasteiger partial charge in [-0.05, 0) is 40.8 Å². The Labute approximate surface area is 175 Å². The maximum atomic E-state index is 12.3. The monoisotopic (exact) mass is 401 g/mol. The minimum absolute atomic E-state index is 0.537. The van der Waals surface area contributed by atoms with E-state index in [1.807, 2.05) is 54.6 Å². The van der Waals surface area contributed by atoms with Crippen LogP contribution in [0.4, 0.5) is 0 Å². The summed E-state index contributed by atoms with van der Waals surface area (Å²) < 4.78 is 16.2. The number of rotatable bonds is 6. The van der Waals surface area contributed by atoms with Gasteiger partial charge in [-0.2, -0.15) is 0 Å². The molecule has 4 rings (SSSR count). The fraction of sp³-hybridized carbons (Fsp3) is 0.160. The molecule has 5 heteroatoms. The molecule has 0 spiro atoms. The van der Waals surface area contributed by atoms with Gasteiger partial charge in [-0.3, -0.25) is 4.98 Å². The third-order valence-corrected chi connectivity index (χ3v) is 5.37. The van der Waals surface area contributed by atoms with Gasteiger partial charge in [0.1, 0.15) is 11.4 Å². The van der Waals surface area contributed by atoms with Crippen LogP contribution in [0.2, 0.25) is 0 Å². The number of nitrogens with zero attached hydrogens (tertiary/aromatic N) is 1. The Morgan fingerprint density at radius 1 is 0.733 bits per heavy atom. The molecule has 0 radical (unpaired) electrons. The van der Waals surface area contributed by atoms with E-state index in [2.05, 4.69) is 4.98 Å². The molecule has 0 fully saturated rings. The summed E-state index contributed by atoms with van der Waals surface area (Å²) >= 11 is 0. The first-order chi connectivity index (χ1) is 14.6. The van der Waals surface area contributed by atoms with Crippen molar-refractivity contribution in [2.75, 3.05) is 21.3 Å². The van der Waals surface area contributed by atoms with Gasteiger partial charge in [0.2, 0.25) is 0 Å². The first kappa shape index (κ1) is 19.7. The highest BCUT2D eigenvalue weighted by atomic mass is 16.5. The maximum absolute atomic E-state index is 12.3. The molecule has 1 unspecified atom stereocenters. The molecule has 0 bridgehead atoms. The summed E-state index contributed by atoms with van der Waals surface area (Å²) in [4.78, 5) is 4.40. The van der Waals surface area contributed by atoms with Gasteiger partial charge in [-0.1, -0.05) is 42.5 Å². The highest BCUT2D eigenvalue weighted by Gasteiger charge is 2.36. The normalized spacial score (nSPS) is 12.9. The lowest BCUT2D eigenvalue weighted by atomic mass is 9.79. The summed E-state index contributed by atoms with van der Waals surface area (Å²) in [5.41, 5.74) is 0.537. The molecule has 1 atom stereocenters. The zero-order chi connectivity index (χ0) is 21.1. The Bertz CT molecular complexity index is 1170. The van der Waals surface area contributed by atoms with Gasteiger partial charge >= 0.3 is 0 Å². The van der Waals surface area contributed by atoms with E-state index < -0.39 is 5.60 Å². The van der Waals surface area contributed by atoms with E-state index >= 15 is 0 Å². The second-order valence-electron chi connectivity index (χ2n) is 6.92. The Balaban J connectivity index is 2.02. The summed E-state index contributed by atoms with van der Waals surface area (Å²) in [5, 5.41) is 14.2. The van der Waals surface area contributed by atoms with Gasteiger partial charge in [0.05, 0.1) is 21.3 Å². The van der Waals surface area contributed by atoms with Crippen molar-refractivity contribution in [1.82, 2.24) is 4.98 Å². The Hall–Kier alpha value is -3.57. The third-order valence-electron chi connectivity index (χ3n) is 5.37. The van der Waals surface area contributed by atoms with Crippen LogP contribution in [-0.2, 0) is 5.60 Å². The number of pyridine rings is 1. The number of fused-ring (bicyclic) bond motifs is 1. The van der Waals surface area contributed by atoms with Gasteiger partial charge in [-0.15, -0.1) is 0 Å². The predicted octanol–water partition coefficient (Wildman–Crippen LogP) is 4.54. The molecule has 0 saturated heterocycles. The number of benzene rings is 3. The van der Waals surface area contributed by atoms with Gasteiger partial charge in [0, 0.05) is 23.3 Å². The van der Waals surface area contributed by atoms with Gasteiger partial charge in [0.25, 0.3) is 0 Å².